The van der Waals surface area contributed by atoms with E-state index in [0.29, 0.717) is 50.6 Å². The summed E-state index contributed by atoms with van der Waals surface area (Å²) in [5.41, 5.74) is 2.04. The molecule has 0 aromatic heterocycles. The van der Waals surface area contributed by atoms with Gasteiger partial charge in [-0.1, -0.05) is 35.4 Å². The Kier molecular flexibility index (Phi) is 6.04. The van der Waals surface area contributed by atoms with Gasteiger partial charge in [0, 0.05) is 43.4 Å². The van der Waals surface area contributed by atoms with Crippen molar-refractivity contribution in [2.24, 2.45) is 0 Å². The largest absolute Gasteiger partial charge is 0.368 e. The van der Waals surface area contributed by atoms with Crippen LogP contribution in [-0.2, 0) is 14.8 Å². The van der Waals surface area contributed by atoms with Crippen molar-refractivity contribution in [1.29, 1.82) is 0 Å². The molecule has 0 saturated carbocycles. The van der Waals surface area contributed by atoms with Gasteiger partial charge in [-0.15, -0.1) is 0 Å². The molecule has 2 saturated heterocycles. The summed E-state index contributed by atoms with van der Waals surface area (Å²) >= 11 is 6.09. The zero-order chi connectivity index (χ0) is 21.3. The highest BCUT2D eigenvalue weighted by atomic mass is 35.5. The molecule has 2 aliphatic rings. The zero-order valence-corrected chi connectivity index (χ0v) is 18.6. The summed E-state index contributed by atoms with van der Waals surface area (Å²) in [6, 6.07) is 13.9. The minimum absolute atomic E-state index is 0.0890. The average Bonchev–Trinajstić information content (AvgIpc) is 3.24. The fourth-order valence-corrected chi connectivity index (χ4v) is 6.02. The summed E-state index contributed by atoms with van der Waals surface area (Å²) in [6.07, 6.45) is 1.27. The van der Waals surface area contributed by atoms with Crippen LogP contribution < -0.4 is 4.90 Å². The first-order chi connectivity index (χ1) is 14.4. The van der Waals surface area contributed by atoms with E-state index in [0.717, 1.165) is 11.3 Å². The van der Waals surface area contributed by atoms with Crippen LogP contribution in [-0.4, -0.2) is 62.3 Å². The first kappa shape index (κ1) is 21.2. The Morgan fingerprint density at radius 1 is 1.00 bits per heavy atom. The number of nitrogens with zero attached hydrogens (tertiary/aromatic N) is 3. The molecule has 0 bridgehead atoms. The lowest BCUT2D eigenvalue weighted by Gasteiger charge is -2.38. The van der Waals surface area contributed by atoms with E-state index in [4.69, 9.17) is 11.6 Å². The van der Waals surface area contributed by atoms with Crippen molar-refractivity contribution in [1.82, 2.24) is 9.21 Å². The number of anilines is 1. The summed E-state index contributed by atoms with van der Waals surface area (Å²) in [4.78, 5) is 17.5. The van der Waals surface area contributed by atoms with Gasteiger partial charge in [0.1, 0.15) is 6.04 Å². The minimum Gasteiger partial charge on any atom is -0.368 e. The molecule has 0 radical (unpaired) electrons. The highest BCUT2D eigenvalue weighted by molar-refractivity contribution is 7.89. The summed E-state index contributed by atoms with van der Waals surface area (Å²) in [5.74, 6) is -0.0890. The van der Waals surface area contributed by atoms with E-state index in [2.05, 4.69) is 4.90 Å². The quantitative estimate of drug-likeness (QED) is 0.722. The SMILES string of the molecule is Cc1ccc(S(=O)(=O)N2CCC[C@H]2C(=O)N2CCN(c3cccc(Cl)c3)CC2)cc1. The molecule has 4 rings (SSSR count). The molecule has 2 aromatic carbocycles. The molecule has 2 aromatic rings. The summed E-state index contributed by atoms with van der Waals surface area (Å²) in [7, 11) is -3.69. The smallest absolute Gasteiger partial charge is 0.243 e. The Labute approximate surface area is 183 Å². The van der Waals surface area contributed by atoms with Crippen molar-refractivity contribution < 1.29 is 13.2 Å². The summed E-state index contributed by atoms with van der Waals surface area (Å²) in [6.45, 7) is 4.84. The minimum atomic E-state index is -3.69. The number of aryl methyl sites for hydroxylation is 1. The van der Waals surface area contributed by atoms with Gasteiger partial charge in [-0.3, -0.25) is 4.79 Å². The third-order valence-corrected chi connectivity index (χ3v) is 8.04. The standard InChI is InChI=1S/C22H26ClN3O3S/c1-17-7-9-20(10-8-17)30(28,29)26-11-3-6-21(26)22(27)25-14-12-24(13-15-25)19-5-2-4-18(23)16-19/h2,4-5,7-10,16,21H,3,6,11-15H2,1H3/t21-/m0/s1. The lowest BCUT2D eigenvalue weighted by molar-refractivity contribution is -0.134. The van der Waals surface area contributed by atoms with E-state index >= 15 is 0 Å². The summed E-state index contributed by atoms with van der Waals surface area (Å²) < 4.78 is 27.7. The Balaban J connectivity index is 1.45. The van der Waals surface area contributed by atoms with Gasteiger partial charge in [0.15, 0.2) is 0 Å². The van der Waals surface area contributed by atoms with Crippen molar-refractivity contribution >= 4 is 33.2 Å². The van der Waals surface area contributed by atoms with Crippen molar-refractivity contribution in [3.8, 4) is 0 Å². The molecule has 160 valence electrons. The monoisotopic (exact) mass is 447 g/mol. The molecule has 6 nitrogen and oxygen atoms in total. The number of piperazine rings is 1. The molecule has 2 heterocycles. The van der Waals surface area contributed by atoms with Crippen LogP contribution in [0, 0.1) is 6.92 Å². The number of amides is 1. The van der Waals surface area contributed by atoms with E-state index < -0.39 is 16.1 Å². The number of benzene rings is 2. The van der Waals surface area contributed by atoms with E-state index in [9.17, 15) is 13.2 Å². The molecule has 1 amide bonds. The van der Waals surface area contributed by atoms with Crippen LogP contribution in [0.25, 0.3) is 0 Å². The molecule has 1 atom stereocenters. The van der Waals surface area contributed by atoms with Gasteiger partial charge in [-0.05, 0) is 50.1 Å². The fraction of sp³-hybridized carbons (Fsp3) is 0.409. The van der Waals surface area contributed by atoms with Gasteiger partial charge in [-0.2, -0.15) is 4.31 Å². The van der Waals surface area contributed by atoms with Gasteiger partial charge in [-0.25, -0.2) is 8.42 Å². The third kappa shape index (κ3) is 4.19. The number of sulfonamides is 1. The number of carbonyl (C=O) groups excluding carboxylic acids is 1. The first-order valence-electron chi connectivity index (χ1n) is 10.2. The number of halogens is 1. The van der Waals surface area contributed by atoms with Crippen LogP contribution in [0.4, 0.5) is 5.69 Å². The Morgan fingerprint density at radius 2 is 1.70 bits per heavy atom. The fourth-order valence-electron chi connectivity index (χ4n) is 4.19. The van der Waals surface area contributed by atoms with Crippen LogP contribution in [0.3, 0.4) is 0 Å². The lowest BCUT2D eigenvalue weighted by Crippen LogP contribution is -2.54. The number of hydrogen-bond donors (Lipinski definition) is 0. The van der Waals surface area contributed by atoms with Crippen molar-refractivity contribution in [2.45, 2.75) is 30.7 Å². The highest BCUT2D eigenvalue weighted by Crippen LogP contribution is 2.28. The van der Waals surface area contributed by atoms with Gasteiger partial charge in [0.05, 0.1) is 4.90 Å². The normalized spacial score (nSPS) is 20.5. The molecule has 2 fully saturated rings. The van der Waals surface area contributed by atoms with Crippen LogP contribution in [0.15, 0.2) is 53.4 Å². The van der Waals surface area contributed by atoms with Gasteiger partial charge < -0.3 is 9.80 Å². The van der Waals surface area contributed by atoms with Crippen molar-refractivity contribution in [3.05, 3.63) is 59.1 Å². The molecule has 0 N–H and O–H groups in total. The molecule has 30 heavy (non-hydrogen) atoms. The predicted octanol–water partition coefficient (Wildman–Crippen LogP) is 3.15. The Hall–Kier alpha value is -2.09. The number of hydrogen-bond acceptors (Lipinski definition) is 4. The molecule has 0 unspecified atom stereocenters. The summed E-state index contributed by atoms with van der Waals surface area (Å²) in [5, 5.41) is 0.689. The van der Waals surface area contributed by atoms with Crippen LogP contribution in [0.1, 0.15) is 18.4 Å². The molecule has 8 heteroatoms. The molecule has 0 spiro atoms. The molecular formula is C22H26ClN3O3S. The topological polar surface area (TPSA) is 60.9 Å². The first-order valence-corrected chi connectivity index (χ1v) is 12.1. The van der Waals surface area contributed by atoms with Gasteiger partial charge in [0.2, 0.25) is 15.9 Å². The maximum Gasteiger partial charge on any atom is 0.243 e. The second-order valence-corrected chi connectivity index (χ2v) is 10.2. The average molecular weight is 448 g/mol. The van der Waals surface area contributed by atoms with Crippen molar-refractivity contribution in [3.63, 3.8) is 0 Å². The molecule has 2 aliphatic heterocycles. The number of carbonyl (C=O) groups is 1. The maximum absolute atomic E-state index is 13.2. The van der Waals surface area contributed by atoms with Gasteiger partial charge >= 0.3 is 0 Å². The Morgan fingerprint density at radius 3 is 2.37 bits per heavy atom. The van der Waals surface area contributed by atoms with Crippen LogP contribution in [0.2, 0.25) is 5.02 Å². The van der Waals surface area contributed by atoms with Crippen molar-refractivity contribution in [2.75, 3.05) is 37.6 Å². The predicted molar refractivity (Wildman–Crippen MR) is 118 cm³/mol. The number of rotatable bonds is 4. The van der Waals surface area contributed by atoms with Crippen LogP contribution in [0.5, 0.6) is 0 Å². The van der Waals surface area contributed by atoms with Crippen LogP contribution >= 0.6 is 11.6 Å². The van der Waals surface area contributed by atoms with Gasteiger partial charge in [0.25, 0.3) is 0 Å². The molecule has 0 aliphatic carbocycles. The maximum atomic E-state index is 13.2. The third-order valence-electron chi connectivity index (χ3n) is 5.88. The Bertz CT molecular complexity index is 1020. The molecular weight excluding hydrogens is 422 g/mol. The van der Waals surface area contributed by atoms with E-state index in [1.165, 1.54) is 4.31 Å². The highest BCUT2D eigenvalue weighted by Gasteiger charge is 2.41. The lowest BCUT2D eigenvalue weighted by atomic mass is 10.1. The van der Waals surface area contributed by atoms with E-state index in [1.54, 1.807) is 29.2 Å². The second kappa shape index (κ2) is 8.57. The zero-order valence-electron chi connectivity index (χ0n) is 17.0. The second-order valence-electron chi connectivity index (χ2n) is 7.88. The van der Waals surface area contributed by atoms with E-state index in [1.807, 2.05) is 31.2 Å². The van der Waals surface area contributed by atoms with E-state index in [-0.39, 0.29) is 10.8 Å².